The zero-order valence-corrected chi connectivity index (χ0v) is 13.8. The highest BCUT2D eigenvalue weighted by atomic mass is 16.2. The zero-order valence-electron chi connectivity index (χ0n) is 13.8. The average molecular weight is 317 g/mol. The van der Waals surface area contributed by atoms with Gasteiger partial charge in [0.15, 0.2) is 0 Å². The van der Waals surface area contributed by atoms with Gasteiger partial charge in [0.25, 0.3) is 0 Å². The van der Waals surface area contributed by atoms with Gasteiger partial charge in [-0.25, -0.2) is 0 Å². The monoisotopic (exact) mass is 317 g/mol. The molecule has 2 atom stereocenters. The van der Waals surface area contributed by atoms with E-state index in [1.807, 2.05) is 6.07 Å². The van der Waals surface area contributed by atoms with Crippen LogP contribution >= 0.6 is 0 Å². The van der Waals surface area contributed by atoms with Crippen LogP contribution in [0.3, 0.4) is 0 Å². The van der Waals surface area contributed by atoms with Crippen molar-refractivity contribution in [3.63, 3.8) is 0 Å². The van der Waals surface area contributed by atoms with Crippen molar-refractivity contribution in [3.8, 4) is 0 Å². The summed E-state index contributed by atoms with van der Waals surface area (Å²) in [4.78, 5) is 23.0. The highest BCUT2D eigenvalue weighted by Crippen LogP contribution is 2.29. The molecule has 0 saturated carbocycles. The first-order chi connectivity index (χ1) is 11.1. The fourth-order valence-electron chi connectivity index (χ4n) is 3.00. The van der Waals surface area contributed by atoms with Gasteiger partial charge >= 0.3 is 0 Å². The highest BCUT2D eigenvalue weighted by molar-refractivity contribution is 5.79. The molecule has 5 nitrogen and oxygen atoms in total. The molecule has 4 N–H and O–H groups in total. The number of amides is 2. The maximum Gasteiger partial charge on any atom is 0.234 e. The summed E-state index contributed by atoms with van der Waals surface area (Å²) in [6.07, 6.45) is 5.42. The van der Waals surface area contributed by atoms with E-state index in [1.54, 1.807) is 6.92 Å². The fraction of sp³-hybridized carbons (Fsp3) is 0.556. The van der Waals surface area contributed by atoms with Crippen molar-refractivity contribution >= 4 is 11.8 Å². The van der Waals surface area contributed by atoms with Gasteiger partial charge in [0.05, 0.1) is 12.1 Å². The molecule has 2 amide bonds. The summed E-state index contributed by atoms with van der Waals surface area (Å²) in [7, 11) is 0. The van der Waals surface area contributed by atoms with Gasteiger partial charge in [0, 0.05) is 6.42 Å². The van der Waals surface area contributed by atoms with E-state index in [2.05, 4.69) is 28.8 Å². The largest absolute Gasteiger partial charge is 0.368 e. The van der Waals surface area contributed by atoms with Crippen molar-refractivity contribution in [3.05, 3.63) is 35.4 Å². The molecule has 0 bridgehead atoms. The van der Waals surface area contributed by atoms with Crippen molar-refractivity contribution in [2.75, 3.05) is 6.54 Å². The molecule has 0 aliphatic heterocycles. The highest BCUT2D eigenvalue weighted by Gasteiger charge is 2.20. The Morgan fingerprint density at radius 2 is 2.09 bits per heavy atom. The zero-order chi connectivity index (χ0) is 16.7. The number of carbonyl (C=O) groups excluding carboxylic acids is 2. The van der Waals surface area contributed by atoms with E-state index in [-0.39, 0.29) is 23.9 Å². The Labute approximate surface area is 138 Å². The summed E-state index contributed by atoms with van der Waals surface area (Å²) in [5.41, 5.74) is 7.80. The summed E-state index contributed by atoms with van der Waals surface area (Å²) < 4.78 is 0. The second-order valence-corrected chi connectivity index (χ2v) is 6.25. The van der Waals surface area contributed by atoms with Crippen molar-refractivity contribution in [2.24, 2.45) is 5.73 Å². The molecule has 0 radical (unpaired) electrons. The van der Waals surface area contributed by atoms with Gasteiger partial charge in [0.2, 0.25) is 11.8 Å². The van der Waals surface area contributed by atoms with Crippen LogP contribution in [0.15, 0.2) is 24.3 Å². The summed E-state index contributed by atoms with van der Waals surface area (Å²) >= 11 is 0. The Morgan fingerprint density at radius 1 is 1.30 bits per heavy atom. The maximum atomic E-state index is 12.1. The number of benzene rings is 1. The van der Waals surface area contributed by atoms with Gasteiger partial charge in [0.1, 0.15) is 0 Å². The van der Waals surface area contributed by atoms with Crippen LogP contribution in [0.25, 0.3) is 0 Å². The first kappa shape index (κ1) is 17.5. The van der Waals surface area contributed by atoms with E-state index in [9.17, 15) is 9.59 Å². The van der Waals surface area contributed by atoms with E-state index >= 15 is 0 Å². The maximum absolute atomic E-state index is 12.1. The molecular weight excluding hydrogens is 290 g/mol. The van der Waals surface area contributed by atoms with Gasteiger partial charge in [-0.05, 0) is 56.7 Å². The second kappa shape index (κ2) is 8.67. The van der Waals surface area contributed by atoms with Crippen molar-refractivity contribution in [1.82, 2.24) is 10.6 Å². The third-order valence-electron chi connectivity index (χ3n) is 4.41. The van der Waals surface area contributed by atoms with Crippen molar-refractivity contribution < 1.29 is 9.59 Å². The topological polar surface area (TPSA) is 84.2 Å². The molecule has 1 aliphatic carbocycles. The van der Waals surface area contributed by atoms with Gasteiger partial charge in [-0.2, -0.15) is 0 Å². The molecule has 0 fully saturated rings. The number of unbranched alkanes of at least 4 members (excludes halogenated alkanes) is 1. The average Bonchev–Trinajstić information content (AvgIpc) is 2.54. The molecule has 2 rings (SSSR count). The normalized spacial score (nSPS) is 18.0. The van der Waals surface area contributed by atoms with E-state index in [0.29, 0.717) is 13.0 Å². The van der Waals surface area contributed by atoms with Gasteiger partial charge in [-0.15, -0.1) is 0 Å². The fourth-order valence-corrected chi connectivity index (χ4v) is 3.00. The molecule has 0 heterocycles. The Bertz CT molecular complexity index is 545. The number of fused-ring (bicyclic) bond motifs is 1. The number of hydrogen-bond donors (Lipinski definition) is 3. The minimum absolute atomic E-state index is 0.106. The van der Waals surface area contributed by atoms with E-state index < -0.39 is 0 Å². The number of primary amides is 1. The molecule has 0 spiro atoms. The van der Waals surface area contributed by atoms with E-state index in [0.717, 1.165) is 32.1 Å². The van der Waals surface area contributed by atoms with Gasteiger partial charge in [-0.3, -0.25) is 9.59 Å². The number of nitrogens with one attached hydrogen (secondary N) is 2. The molecule has 23 heavy (non-hydrogen) atoms. The van der Waals surface area contributed by atoms with Crippen LogP contribution in [0.4, 0.5) is 0 Å². The Kier molecular flexibility index (Phi) is 6.59. The lowest BCUT2D eigenvalue weighted by Gasteiger charge is -2.26. The van der Waals surface area contributed by atoms with E-state index in [1.165, 1.54) is 11.1 Å². The number of nitrogens with two attached hydrogens (primary N) is 1. The molecular formula is C18H27N3O2. The first-order valence-electron chi connectivity index (χ1n) is 8.48. The Hall–Kier alpha value is -1.88. The summed E-state index contributed by atoms with van der Waals surface area (Å²) in [6, 6.07) is 8.20. The lowest BCUT2D eigenvalue weighted by Crippen LogP contribution is -2.39. The first-order valence-corrected chi connectivity index (χ1v) is 8.48. The quantitative estimate of drug-likeness (QED) is 0.639. The van der Waals surface area contributed by atoms with Crippen LogP contribution in [0.1, 0.15) is 56.2 Å². The minimum atomic E-state index is -0.348. The standard InChI is InChI=1S/C18H27N3O2/c1-13(18(19)23)20-12-5-4-11-17(22)21-16-10-6-8-14-7-2-3-9-15(14)16/h2-3,7,9,13,16,20H,4-6,8,10-12H2,1H3,(H2,19,23)(H,21,22). The van der Waals surface area contributed by atoms with Crippen LogP contribution in [-0.4, -0.2) is 24.4 Å². The molecule has 126 valence electrons. The molecule has 1 aromatic carbocycles. The SMILES string of the molecule is CC(NCCCCC(=O)NC1CCCc2ccccc21)C(N)=O. The number of carbonyl (C=O) groups is 2. The van der Waals surface area contributed by atoms with Crippen LogP contribution in [0, 0.1) is 0 Å². The van der Waals surface area contributed by atoms with Crippen LogP contribution in [0.2, 0.25) is 0 Å². The smallest absolute Gasteiger partial charge is 0.234 e. The lowest BCUT2D eigenvalue weighted by molar-refractivity contribution is -0.122. The Morgan fingerprint density at radius 3 is 2.87 bits per heavy atom. The number of aryl methyl sites for hydroxylation is 1. The third-order valence-corrected chi connectivity index (χ3v) is 4.41. The predicted octanol–water partition coefficient (Wildman–Crippen LogP) is 1.81. The predicted molar refractivity (Wildman–Crippen MR) is 90.8 cm³/mol. The summed E-state index contributed by atoms with van der Waals surface area (Å²) in [5, 5.41) is 6.20. The van der Waals surface area contributed by atoms with E-state index in [4.69, 9.17) is 5.73 Å². The van der Waals surface area contributed by atoms with Gasteiger partial charge < -0.3 is 16.4 Å². The number of hydrogen-bond acceptors (Lipinski definition) is 3. The van der Waals surface area contributed by atoms with Crippen molar-refractivity contribution in [2.45, 2.75) is 57.5 Å². The van der Waals surface area contributed by atoms with Crippen molar-refractivity contribution in [1.29, 1.82) is 0 Å². The second-order valence-electron chi connectivity index (χ2n) is 6.25. The Balaban J connectivity index is 1.69. The van der Waals surface area contributed by atoms with Gasteiger partial charge in [-0.1, -0.05) is 24.3 Å². The molecule has 1 aliphatic rings. The minimum Gasteiger partial charge on any atom is -0.368 e. The summed E-state index contributed by atoms with van der Waals surface area (Å²) in [6.45, 7) is 2.44. The van der Waals surface area contributed by atoms with Crippen LogP contribution in [-0.2, 0) is 16.0 Å². The number of rotatable bonds is 8. The van der Waals surface area contributed by atoms with Crippen LogP contribution < -0.4 is 16.4 Å². The molecule has 0 aromatic heterocycles. The molecule has 1 aromatic rings. The molecule has 5 heteroatoms. The molecule has 2 unspecified atom stereocenters. The summed E-state index contributed by atoms with van der Waals surface area (Å²) in [5.74, 6) is -0.242. The van der Waals surface area contributed by atoms with Crippen LogP contribution in [0.5, 0.6) is 0 Å². The third kappa shape index (κ3) is 5.36. The lowest BCUT2D eigenvalue weighted by atomic mass is 9.87. The molecule has 0 saturated heterocycles.